The van der Waals surface area contributed by atoms with E-state index in [9.17, 15) is 4.79 Å². The Hall–Kier alpha value is -1.44. The summed E-state index contributed by atoms with van der Waals surface area (Å²) in [7, 11) is 4.96. The summed E-state index contributed by atoms with van der Waals surface area (Å²) in [5.74, 6) is 0.538. The van der Waals surface area contributed by atoms with Crippen molar-refractivity contribution >= 4 is 5.82 Å². The molecule has 7 nitrogen and oxygen atoms in total. The maximum Gasteiger partial charge on any atom is 0.351 e. The average molecular weight is 269 g/mol. The fourth-order valence-corrected chi connectivity index (χ4v) is 2.20. The lowest BCUT2D eigenvalue weighted by molar-refractivity contribution is -0.0617. The molecule has 0 aromatic carbocycles. The minimum absolute atomic E-state index is 0.0826. The maximum absolute atomic E-state index is 11.9. The molecule has 1 saturated heterocycles. The summed E-state index contributed by atoms with van der Waals surface area (Å²) >= 11 is 0. The van der Waals surface area contributed by atoms with Gasteiger partial charge in [0.25, 0.3) is 0 Å². The van der Waals surface area contributed by atoms with Gasteiger partial charge in [-0.15, -0.1) is 0 Å². The first-order valence-electron chi connectivity index (χ1n) is 6.13. The molecule has 2 rings (SSSR count). The molecule has 19 heavy (non-hydrogen) atoms. The van der Waals surface area contributed by atoms with E-state index in [1.165, 1.54) is 4.57 Å². The number of nitrogens with zero attached hydrogens (tertiary/aromatic N) is 2. The van der Waals surface area contributed by atoms with Gasteiger partial charge in [0, 0.05) is 33.9 Å². The summed E-state index contributed by atoms with van der Waals surface area (Å²) in [4.78, 5) is 15.8. The summed E-state index contributed by atoms with van der Waals surface area (Å²) < 4.78 is 17.7. The van der Waals surface area contributed by atoms with Crippen molar-refractivity contribution in [1.29, 1.82) is 0 Å². The van der Waals surface area contributed by atoms with Crippen molar-refractivity contribution < 1.29 is 14.2 Å². The van der Waals surface area contributed by atoms with Crippen LogP contribution in [-0.4, -0.2) is 49.6 Å². The highest BCUT2D eigenvalue weighted by Gasteiger charge is 2.36. The first-order chi connectivity index (χ1) is 9.19. The normalized spacial score (nSPS) is 26.6. The predicted octanol–water partition coefficient (Wildman–Crippen LogP) is 0.234. The van der Waals surface area contributed by atoms with Crippen LogP contribution < -0.4 is 11.0 Å². The summed E-state index contributed by atoms with van der Waals surface area (Å²) in [6, 6.07) is 1.73. The van der Waals surface area contributed by atoms with Crippen molar-refractivity contribution in [2.24, 2.45) is 0 Å². The lowest BCUT2D eigenvalue weighted by Crippen LogP contribution is -2.28. The second-order valence-corrected chi connectivity index (χ2v) is 4.35. The number of rotatable bonds is 5. The van der Waals surface area contributed by atoms with Gasteiger partial charge in [0.15, 0.2) is 0 Å². The first kappa shape index (κ1) is 14.0. The van der Waals surface area contributed by atoms with Gasteiger partial charge in [0.1, 0.15) is 18.1 Å². The van der Waals surface area contributed by atoms with E-state index in [4.69, 9.17) is 14.2 Å². The SMILES string of the molecule is CNc1ccn(C2CC(OC)C(COC)O2)c(=O)n1. The van der Waals surface area contributed by atoms with Crippen LogP contribution in [0.5, 0.6) is 0 Å². The molecule has 3 unspecified atom stereocenters. The van der Waals surface area contributed by atoms with Crippen molar-refractivity contribution in [3.05, 3.63) is 22.7 Å². The van der Waals surface area contributed by atoms with Gasteiger partial charge in [0.2, 0.25) is 0 Å². The molecule has 106 valence electrons. The number of nitrogens with one attached hydrogen (secondary N) is 1. The number of hydrogen-bond donors (Lipinski definition) is 1. The molecule has 0 radical (unpaired) electrons. The third-order valence-corrected chi connectivity index (χ3v) is 3.21. The lowest BCUT2D eigenvalue weighted by Gasteiger charge is -2.16. The third kappa shape index (κ3) is 2.94. The molecule has 0 bridgehead atoms. The Bertz CT molecular complexity index is 476. The highest BCUT2D eigenvalue weighted by Crippen LogP contribution is 2.29. The van der Waals surface area contributed by atoms with Crippen molar-refractivity contribution in [1.82, 2.24) is 9.55 Å². The monoisotopic (exact) mass is 269 g/mol. The van der Waals surface area contributed by atoms with Crippen molar-refractivity contribution in [2.75, 3.05) is 33.2 Å². The minimum atomic E-state index is -0.365. The molecule has 2 heterocycles. The summed E-state index contributed by atoms with van der Waals surface area (Å²) in [5.41, 5.74) is -0.343. The Labute approximate surface area is 111 Å². The van der Waals surface area contributed by atoms with Gasteiger partial charge in [-0.1, -0.05) is 0 Å². The van der Waals surface area contributed by atoms with Crippen LogP contribution in [0, 0.1) is 0 Å². The molecule has 0 saturated carbocycles. The number of ether oxygens (including phenoxy) is 3. The van der Waals surface area contributed by atoms with E-state index in [2.05, 4.69) is 10.3 Å². The zero-order chi connectivity index (χ0) is 13.8. The molecule has 0 spiro atoms. The van der Waals surface area contributed by atoms with Crippen LogP contribution in [0.1, 0.15) is 12.6 Å². The van der Waals surface area contributed by atoms with Crippen LogP contribution in [0.2, 0.25) is 0 Å². The molecule has 7 heteroatoms. The van der Waals surface area contributed by atoms with E-state index < -0.39 is 0 Å². The van der Waals surface area contributed by atoms with Crippen LogP contribution in [0.4, 0.5) is 5.82 Å². The van der Waals surface area contributed by atoms with E-state index in [0.717, 1.165) is 0 Å². The summed E-state index contributed by atoms with van der Waals surface area (Å²) in [5, 5.41) is 2.82. The highest BCUT2D eigenvalue weighted by atomic mass is 16.6. The van der Waals surface area contributed by atoms with Gasteiger partial charge >= 0.3 is 5.69 Å². The van der Waals surface area contributed by atoms with E-state index in [1.807, 2.05) is 0 Å². The lowest BCUT2D eigenvalue weighted by atomic mass is 10.2. The van der Waals surface area contributed by atoms with E-state index in [0.29, 0.717) is 18.8 Å². The van der Waals surface area contributed by atoms with Crippen molar-refractivity contribution in [2.45, 2.75) is 24.9 Å². The number of methoxy groups -OCH3 is 2. The Morgan fingerprint density at radius 1 is 1.58 bits per heavy atom. The second kappa shape index (κ2) is 6.14. The molecule has 1 aliphatic heterocycles. The smallest absolute Gasteiger partial charge is 0.351 e. The molecule has 1 N–H and O–H groups in total. The highest BCUT2D eigenvalue weighted by molar-refractivity contribution is 5.30. The fraction of sp³-hybridized carbons (Fsp3) is 0.667. The first-order valence-corrected chi connectivity index (χ1v) is 6.13. The largest absolute Gasteiger partial charge is 0.382 e. The molecular formula is C12H19N3O4. The molecule has 0 aliphatic carbocycles. The van der Waals surface area contributed by atoms with Crippen molar-refractivity contribution in [3.63, 3.8) is 0 Å². The molecule has 1 aliphatic rings. The van der Waals surface area contributed by atoms with Gasteiger partial charge in [-0.25, -0.2) is 4.79 Å². The van der Waals surface area contributed by atoms with Gasteiger partial charge in [-0.05, 0) is 6.07 Å². The van der Waals surface area contributed by atoms with Gasteiger partial charge in [0.05, 0.1) is 12.7 Å². The topological polar surface area (TPSA) is 74.6 Å². The van der Waals surface area contributed by atoms with Crippen molar-refractivity contribution in [3.8, 4) is 0 Å². The minimum Gasteiger partial charge on any atom is -0.382 e. The maximum atomic E-state index is 11.9. The predicted molar refractivity (Wildman–Crippen MR) is 69.2 cm³/mol. The number of anilines is 1. The zero-order valence-corrected chi connectivity index (χ0v) is 11.3. The van der Waals surface area contributed by atoms with Crippen LogP contribution in [0.3, 0.4) is 0 Å². The summed E-state index contributed by atoms with van der Waals surface area (Å²) in [6.07, 6.45) is 1.66. The number of hydrogen-bond acceptors (Lipinski definition) is 6. The molecule has 3 atom stereocenters. The summed E-state index contributed by atoms with van der Waals surface area (Å²) in [6.45, 7) is 0.436. The Morgan fingerprint density at radius 3 is 2.95 bits per heavy atom. The fourth-order valence-electron chi connectivity index (χ4n) is 2.20. The van der Waals surface area contributed by atoms with Crippen LogP contribution in [-0.2, 0) is 14.2 Å². The molecular weight excluding hydrogens is 250 g/mol. The van der Waals surface area contributed by atoms with E-state index in [1.54, 1.807) is 33.5 Å². The Morgan fingerprint density at radius 2 is 2.37 bits per heavy atom. The van der Waals surface area contributed by atoms with Crippen LogP contribution >= 0.6 is 0 Å². The molecule has 1 aromatic rings. The second-order valence-electron chi connectivity index (χ2n) is 4.35. The van der Waals surface area contributed by atoms with Gasteiger partial charge in [-0.2, -0.15) is 4.98 Å². The zero-order valence-electron chi connectivity index (χ0n) is 11.3. The van der Waals surface area contributed by atoms with Gasteiger partial charge < -0.3 is 19.5 Å². The van der Waals surface area contributed by atoms with Crippen LogP contribution in [0.25, 0.3) is 0 Å². The van der Waals surface area contributed by atoms with Crippen LogP contribution in [0.15, 0.2) is 17.1 Å². The molecule has 1 fully saturated rings. The number of aromatic nitrogens is 2. The third-order valence-electron chi connectivity index (χ3n) is 3.21. The standard InChI is InChI=1S/C12H19N3O4/c1-13-10-4-5-15(12(16)14-10)11-6-8(18-3)9(19-11)7-17-2/h4-5,8-9,11H,6-7H2,1-3H3,(H,13,14,16). The Kier molecular flexibility index (Phi) is 4.52. The van der Waals surface area contributed by atoms with E-state index in [-0.39, 0.29) is 24.1 Å². The quantitative estimate of drug-likeness (QED) is 0.825. The average Bonchev–Trinajstić information content (AvgIpc) is 2.82. The van der Waals surface area contributed by atoms with E-state index >= 15 is 0 Å². The van der Waals surface area contributed by atoms with Gasteiger partial charge in [-0.3, -0.25) is 4.57 Å². The molecule has 1 aromatic heterocycles. The Balaban J connectivity index is 2.17. The molecule has 0 amide bonds.